The number of methoxy groups -OCH3 is 1. The summed E-state index contributed by atoms with van der Waals surface area (Å²) >= 11 is 5.95. The van der Waals surface area contributed by atoms with E-state index in [1.54, 1.807) is 32.2 Å². The zero-order valence-corrected chi connectivity index (χ0v) is 16.1. The molecule has 2 atom stereocenters. The average molecular weight is 395 g/mol. The summed E-state index contributed by atoms with van der Waals surface area (Å²) in [4.78, 5) is 25.3. The molecule has 0 aliphatic heterocycles. The SMILES string of the molecule is COc1ccc(Cl)cc1NC(=O)C[NH+](C)[C@H](C)C(=O)Nc1ccc(F)cc1. The van der Waals surface area contributed by atoms with Gasteiger partial charge < -0.3 is 20.3 Å². The summed E-state index contributed by atoms with van der Waals surface area (Å²) in [5.74, 6) is -0.439. The minimum absolute atomic E-state index is 0.0632. The Labute approximate surface area is 162 Å². The predicted molar refractivity (Wildman–Crippen MR) is 103 cm³/mol. The Morgan fingerprint density at radius 3 is 2.48 bits per heavy atom. The molecule has 0 spiro atoms. The van der Waals surface area contributed by atoms with Crippen LogP contribution >= 0.6 is 11.6 Å². The van der Waals surface area contributed by atoms with E-state index in [1.165, 1.54) is 31.4 Å². The van der Waals surface area contributed by atoms with Crippen LogP contribution in [0.5, 0.6) is 5.75 Å². The van der Waals surface area contributed by atoms with Gasteiger partial charge in [-0.25, -0.2) is 4.39 Å². The molecule has 1 unspecified atom stereocenters. The molecule has 2 amide bonds. The van der Waals surface area contributed by atoms with Crippen LogP contribution < -0.4 is 20.3 Å². The smallest absolute Gasteiger partial charge is 0.282 e. The molecule has 0 heterocycles. The lowest BCUT2D eigenvalue weighted by Crippen LogP contribution is -3.14. The first-order valence-electron chi connectivity index (χ1n) is 8.32. The lowest BCUT2D eigenvalue weighted by atomic mass is 10.2. The number of amides is 2. The van der Waals surface area contributed by atoms with E-state index in [0.717, 1.165) is 0 Å². The number of quaternary nitrogens is 1. The standard InChI is InChI=1S/C19H21ClFN3O3/c1-12(19(26)22-15-7-5-14(21)6-8-15)24(2)11-18(25)23-16-10-13(20)4-9-17(16)27-3/h4-10,12H,11H2,1-3H3,(H,22,26)(H,23,25)/p+1/t12-/m1/s1. The van der Waals surface area contributed by atoms with Gasteiger partial charge in [0.05, 0.1) is 19.8 Å². The van der Waals surface area contributed by atoms with Crippen LogP contribution in [0.15, 0.2) is 42.5 Å². The summed E-state index contributed by atoms with van der Waals surface area (Å²) in [6.07, 6.45) is 0. The molecule has 6 nitrogen and oxygen atoms in total. The number of nitrogens with one attached hydrogen (secondary N) is 3. The van der Waals surface area contributed by atoms with E-state index in [9.17, 15) is 14.0 Å². The molecule has 0 bridgehead atoms. The largest absolute Gasteiger partial charge is 0.495 e. The second-order valence-electron chi connectivity index (χ2n) is 6.13. The van der Waals surface area contributed by atoms with Crippen molar-refractivity contribution in [1.29, 1.82) is 0 Å². The Hall–Kier alpha value is -2.64. The molecule has 2 aromatic carbocycles. The molecule has 144 valence electrons. The third-order valence-electron chi connectivity index (χ3n) is 4.12. The highest BCUT2D eigenvalue weighted by Crippen LogP contribution is 2.27. The number of halogens is 2. The maximum atomic E-state index is 12.9. The third kappa shape index (κ3) is 5.94. The Morgan fingerprint density at radius 2 is 1.85 bits per heavy atom. The van der Waals surface area contributed by atoms with Crippen molar-refractivity contribution in [1.82, 2.24) is 0 Å². The molecular formula is C19H22ClFN3O3+. The van der Waals surface area contributed by atoms with Crippen LogP contribution in [0.3, 0.4) is 0 Å². The van der Waals surface area contributed by atoms with Crippen LogP contribution in [0.2, 0.25) is 5.02 Å². The fourth-order valence-electron chi connectivity index (χ4n) is 2.39. The normalized spacial score (nSPS) is 12.8. The van der Waals surface area contributed by atoms with Crippen LogP contribution in [0, 0.1) is 5.82 Å². The van der Waals surface area contributed by atoms with Gasteiger partial charge in [-0.15, -0.1) is 0 Å². The van der Waals surface area contributed by atoms with Gasteiger partial charge in [-0.1, -0.05) is 11.6 Å². The lowest BCUT2D eigenvalue weighted by molar-refractivity contribution is -0.885. The van der Waals surface area contributed by atoms with Gasteiger partial charge in [0.1, 0.15) is 11.6 Å². The molecule has 8 heteroatoms. The predicted octanol–water partition coefficient (Wildman–Crippen LogP) is 1.97. The van der Waals surface area contributed by atoms with Gasteiger partial charge in [0.2, 0.25) is 0 Å². The van der Waals surface area contributed by atoms with Crippen molar-refractivity contribution in [3.63, 3.8) is 0 Å². The maximum absolute atomic E-state index is 12.9. The molecule has 0 aliphatic carbocycles. The Bertz CT molecular complexity index is 814. The minimum atomic E-state index is -0.498. The van der Waals surface area contributed by atoms with Crippen LogP contribution in [0.25, 0.3) is 0 Å². The third-order valence-corrected chi connectivity index (χ3v) is 4.35. The number of likely N-dealkylation sites (N-methyl/N-ethyl adjacent to an activating group) is 1. The Morgan fingerprint density at radius 1 is 1.19 bits per heavy atom. The van der Waals surface area contributed by atoms with Crippen molar-refractivity contribution in [3.05, 3.63) is 53.3 Å². The second-order valence-corrected chi connectivity index (χ2v) is 6.57. The first-order valence-corrected chi connectivity index (χ1v) is 8.70. The zero-order chi connectivity index (χ0) is 20.0. The van der Waals surface area contributed by atoms with Gasteiger partial charge in [0, 0.05) is 10.7 Å². The van der Waals surface area contributed by atoms with Crippen molar-refractivity contribution < 1.29 is 23.6 Å². The fraction of sp³-hybridized carbons (Fsp3) is 0.263. The summed E-state index contributed by atoms with van der Waals surface area (Å²) in [6, 6.07) is 9.91. The van der Waals surface area contributed by atoms with Crippen molar-refractivity contribution in [2.75, 3.05) is 31.3 Å². The number of ether oxygens (including phenoxy) is 1. The molecule has 0 saturated carbocycles. The molecule has 0 aliphatic rings. The topological polar surface area (TPSA) is 71.9 Å². The van der Waals surface area contributed by atoms with E-state index < -0.39 is 6.04 Å². The number of carbonyl (C=O) groups excluding carboxylic acids is 2. The van der Waals surface area contributed by atoms with Gasteiger partial charge in [-0.3, -0.25) is 9.59 Å². The van der Waals surface area contributed by atoms with Crippen molar-refractivity contribution in [3.8, 4) is 5.75 Å². The Kier molecular flexibility index (Phi) is 7.15. The highest BCUT2D eigenvalue weighted by atomic mass is 35.5. The molecular weight excluding hydrogens is 373 g/mol. The van der Waals surface area contributed by atoms with Gasteiger partial charge in [0.25, 0.3) is 11.8 Å². The van der Waals surface area contributed by atoms with Gasteiger partial charge in [0.15, 0.2) is 12.6 Å². The van der Waals surface area contributed by atoms with Crippen LogP contribution in [0.4, 0.5) is 15.8 Å². The van der Waals surface area contributed by atoms with Crippen LogP contribution in [0.1, 0.15) is 6.92 Å². The molecule has 3 N–H and O–H groups in total. The van der Waals surface area contributed by atoms with E-state index in [1.807, 2.05) is 0 Å². The first kappa shape index (κ1) is 20.7. The van der Waals surface area contributed by atoms with Crippen molar-refractivity contribution in [2.45, 2.75) is 13.0 Å². The molecule has 0 radical (unpaired) electrons. The molecule has 2 aromatic rings. The van der Waals surface area contributed by atoms with E-state index in [4.69, 9.17) is 16.3 Å². The zero-order valence-electron chi connectivity index (χ0n) is 15.3. The monoisotopic (exact) mass is 394 g/mol. The average Bonchev–Trinajstić information content (AvgIpc) is 2.63. The minimum Gasteiger partial charge on any atom is -0.495 e. The van der Waals surface area contributed by atoms with E-state index >= 15 is 0 Å². The lowest BCUT2D eigenvalue weighted by Gasteiger charge is -2.21. The number of anilines is 2. The highest BCUT2D eigenvalue weighted by Gasteiger charge is 2.24. The van der Waals surface area contributed by atoms with Gasteiger partial charge >= 0.3 is 0 Å². The summed E-state index contributed by atoms with van der Waals surface area (Å²) in [5.41, 5.74) is 0.959. The number of hydrogen-bond acceptors (Lipinski definition) is 3. The van der Waals surface area contributed by atoms with E-state index in [0.29, 0.717) is 27.0 Å². The molecule has 2 rings (SSSR count). The van der Waals surface area contributed by atoms with Crippen molar-refractivity contribution >= 4 is 34.8 Å². The van der Waals surface area contributed by atoms with Crippen molar-refractivity contribution in [2.24, 2.45) is 0 Å². The van der Waals surface area contributed by atoms with Crippen LogP contribution in [-0.4, -0.2) is 38.6 Å². The summed E-state index contributed by atoms with van der Waals surface area (Å²) in [7, 11) is 3.24. The molecule has 0 aromatic heterocycles. The molecule has 0 saturated heterocycles. The highest BCUT2D eigenvalue weighted by molar-refractivity contribution is 6.31. The van der Waals surface area contributed by atoms with E-state index in [2.05, 4.69) is 10.6 Å². The molecule has 0 fully saturated rings. The maximum Gasteiger partial charge on any atom is 0.282 e. The van der Waals surface area contributed by atoms with Gasteiger partial charge in [-0.2, -0.15) is 0 Å². The van der Waals surface area contributed by atoms with E-state index in [-0.39, 0.29) is 24.2 Å². The van der Waals surface area contributed by atoms with Gasteiger partial charge in [-0.05, 0) is 49.4 Å². The second kappa shape index (κ2) is 9.34. The summed E-state index contributed by atoms with van der Waals surface area (Å²) < 4.78 is 18.1. The number of benzene rings is 2. The van der Waals surface area contributed by atoms with Crippen LogP contribution in [-0.2, 0) is 9.59 Å². The first-order chi connectivity index (χ1) is 12.8. The number of hydrogen-bond donors (Lipinski definition) is 3. The number of carbonyl (C=O) groups is 2. The molecule has 27 heavy (non-hydrogen) atoms. The summed E-state index contributed by atoms with van der Waals surface area (Å²) in [6.45, 7) is 1.77. The quantitative estimate of drug-likeness (QED) is 0.672. The fourth-order valence-corrected chi connectivity index (χ4v) is 2.56. The number of rotatable bonds is 7. The summed E-state index contributed by atoms with van der Waals surface area (Å²) in [5, 5.41) is 5.91. The Balaban J connectivity index is 1.94.